The molecule has 2 aromatic heterocycles. The summed E-state index contributed by atoms with van der Waals surface area (Å²) in [6, 6.07) is 3.32. The van der Waals surface area contributed by atoms with E-state index in [4.69, 9.17) is 10.5 Å². The summed E-state index contributed by atoms with van der Waals surface area (Å²) in [4.78, 5) is 15.9. The molecule has 0 saturated carbocycles. The minimum Gasteiger partial charge on any atom is -0.456 e. The lowest BCUT2D eigenvalue weighted by molar-refractivity contribution is 0.00695. The largest absolute Gasteiger partial charge is 0.456 e. The first-order valence-corrected chi connectivity index (χ1v) is 5.33. The van der Waals surface area contributed by atoms with Crippen LogP contribution < -0.4 is 5.73 Å². The normalized spacial score (nSPS) is 11.7. The Labute approximate surface area is 99.2 Å². The van der Waals surface area contributed by atoms with Crippen LogP contribution >= 0.6 is 0 Å². The highest BCUT2D eigenvalue weighted by Gasteiger charge is 2.18. The van der Waals surface area contributed by atoms with Crippen LogP contribution in [0.25, 0.3) is 5.65 Å². The number of hydrogen-bond donors (Lipinski definition) is 1. The third kappa shape index (κ3) is 2.38. The van der Waals surface area contributed by atoms with E-state index in [-0.39, 0.29) is 5.97 Å². The van der Waals surface area contributed by atoms with Crippen LogP contribution in [0, 0.1) is 0 Å². The number of nitrogens with zero attached hydrogens (tertiary/aromatic N) is 2. The second kappa shape index (κ2) is 3.76. The first-order valence-electron chi connectivity index (χ1n) is 5.33. The van der Waals surface area contributed by atoms with Crippen molar-refractivity contribution in [3.05, 3.63) is 30.1 Å². The quantitative estimate of drug-likeness (QED) is 0.763. The Kier molecular flexibility index (Phi) is 2.53. The molecule has 0 aliphatic heterocycles. The molecule has 0 amide bonds. The fourth-order valence-corrected chi connectivity index (χ4v) is 1.46. The van der Waals surface area contributed by atoms with Gasteiger partial charge in [-0.3, -0.25) is 4.40 Å². The maximum absolute atomic E-state index is 11.8. The molecule has 2 heterocycles. The number of rotatable bonds is 1. The van der Waals surface area contributed by atoms with Crippen LogP contribution in [0.4, 0.5) is 5.82 Å². The van der Waals surface area contributed by atoms with Crippen molar-refractivity contribution in [2.24, 2.45) is 0 Å². The zero-order chi connectivity index (χ0) is 12.6. The van der Waals surface area contributed by atoms with Crippen LogP contribution in [0.1, 0.15) is 31.1 Å². The first kappa shape index (κ1) is 11.4. The molecular weight excluding hydrogens is 218 g/mol. The molecule has 0 spiro atoms. The van der Waals surface area contributed by atoms with Crippen LogP contribution in [-0.4, -0.2) is 21.0 Å². The van der Waals surface area contributed by atoms with E-state index in [0.717, 1.165) is 0 Å². The molecule has 5 nitrogen and oxygen atoms in total. The fourth-order valence-electron chi connectivity index (χ4n) is 1.46. The topological polar surface area (TPSA) is 69.6 Å². The predicted molar refractivity (Wildman–Crippen MR) is 64.8 cm³/mol. The van der Waals surface area contributed by atoms with Crippen molar-refractivity contribution in [2.45, 2.75) is 26.4 Å². The van der Waals surface area contributed by atoms with Crippen molar-refractivity contribution in [3.63, 3.8) is 0 Å². The van der Waals surface area contributed by atoms with E-state index in [1.807, 2.05) is 20.8 Å². The number of nitrogens with two attached hydrogens (primary N) is 1. The van der Waals surface area contributed by atoms with Crippen molar-refractivity contribution in [1.82, 2.24) is 9.38 Å². The molecule has 2 rings (SSSR count). The summed E-state index contributed by atoms with van der Waals surface area (Å²) in [5.74, 6) is 0.178. The lowest BCUT2D eigenvalue weighted by Gasteiger charge is -2.19. The maximum Gasteiger partial charge on any atom is 0.338 e. The van der Waals surface area contributed by atoms with Crippen LogP contribution in [0.3, 0.4) is 0 Å². The molecule has 0 bridgehead atoms. The van der Waals surface area contributed by atoms with Crippen LogP contribution in [-0.2, 0) is 4.74 Å². The van der Waals surface area contributed by atoms with Gasteiger partial charge in [0.05, 0.1) is 11.8 Å². The van der Waals surface area contributed by atoms with Gasteiger partial charge in [-0.2, -0.15) is 0 Å². The first-order chi connectivity index (χ1) is 7.87. The van der Waals surface area contributed by atoms with Gasteiger partial charge in [0.2, 0.25) is 0 Å². The summed E-state index contributed by atoms with van der Waals surface area (Å²) >= 11 is 0. The molecule has 5 heteroatoms. The van der Waals surface area contributed by atoms with E-state index >= 15 is 0 Å². The van der Waals surface area contributed by atoms with Crippen molar-refractivity contribution < 1.29 is 9.53 Å². The summed E-state index contributed by atoms with van der Waals surface area (Å²) in [6.45, 7) is 5.49. The highest BCUT2D eigenvalue weighted by molar-refractivity contribution is 5.90. The zero-order valence-corrected chi connectivity index (χ0v) is 10.1. The molecule has 0 aliphatic rings. The number of anilines is 1. The standard InChI is InChI=1S/C12H15N3O2/c1-12(2,3)17-11(16)8-4-5-15-9(13)7-14-10(15)6-8/h4-7H,13H2,1-3H3. The Hall–Kier alpha value is -2.04. The maximum atomic E-state index is 11.8. The minimum absolute atomic E-state index is 0.360. The minimum atomic E-state index is -0.502. The van der Waals surface area contributed by atoms with Crippen LogP contribution in [0.5, 0.6) is 0 Å². The van der Waals surface area contributed by atoms with Gasteiger partial charge >= 0.3 is 5.97 Å². The van der Waals surface area contributed by atoms with Gasteiger partial charge in [-0.15, -0.1) is 0 Å². The smallest absolute Gasteiger partial charge is 0.338 e. The number of ether oxygens (including phenoxy) is 1. The molecule has 0 aliphatic carbocycles. The van der Waals surface area contributed by atoms with Crippen LogP contribution in [0.2, 0.25) is 0 Å². The van der Waals surface area contributed by atoms with Gasteiger partial charge in [0.1, 0.15) is 17.1 Å². The fraction of sp³-hybridized carbons (Fsp3) is 0.333. The monoisotopic (exact) mass is 233 g/mol. The van der Waals surface area contributed by atoms with E-state index in [9.17, 15) is 4.79 Å². The molecule has 17 heavy (non-hydrogen) atoms. The summed E-state index contributed by atoms with van der Waals surface area (Å²) < 4.78 is 6.97. The molecule has 0 saturated heterocycles. The molecule has 0 radical (unpaired) electrons. The van der Waals surface area contributed by atoms with E-state index in [1.54, 1.807) is 28.9 Å². The molecule has 2 N–H and O–H groups in total. The van der Waals surface area contributed by atoms with Crippen molar-refractivity contribution >= 4 is 17.4 Å². The van der Waals surface area contributed by atoms with Crippen molar-refractivity contribution in [1.29, 1.82) is 0 Å². The Balaban J connectivity index is 2.33. The van der Waals surface area contributed by atoms with Gasteiger partial charge in [-0.05, 0) is 32.9 Å². The highest BCUT2D eigenvalue weighted by Crippen LogP contribution is 2.15. The number of carbonyl (C=O) groups is 1. The van der Waals surface area contributed by atoms with Gasteiger partial charge < -0.3 is 10.5 Å². The Morgan fingerprint density at radius 2 is 2.18 bits per heavy atom. The zero-order valence-electron chi connectivity index (χ0n) is 10.1. The number of aromatic nitrogens is 2. The average Bonchev–Trinajstić information content (AvgIpc) is 2.57. The second-order valence-corrected chi connectivity index (χ2v) is 4.83. The molecule has 90 valence electrons. The summed E-state index contributed by atoms with van der Waals surface area (Å²) in [5, 5.41) is 0. The molecule has 0 fully saturated rings. The van der Waals surface area contributed by atoms with Crippen molar-refractivity contribution in [3.8, 4) is 0 Å². The molecule has 0 atom stereocenters. The van der Waals surface area contributed by atoms with E-state index < -0.39 is 5.60 Å². The van der Waals surface area contributed by atoms with Gasteiger partial charge in [0.25, 0.3) is 0 Å². The van der Waals surface area contributed by atoms with Gasteiger partial charge in [-0.25, -0.2) is 9.78 Å². The number of fused-ring (bicyclic) bond motifs is 1. The van der Waals surface area contributed by atoms with Crippen LogP contribution in [0.15, 0.2) is 24.5 Å². The number of esters is 1. The lowest BCUT2D eigenvalue weighted by Crippen LogP contribution is -2.23. The Morgan fingerprint density at radius 1 is 1.47 bits per heavy atom. The van der Waals surface area contributed by atoms with E-state index in [1.165, 1.54) is 0 Å². The number of pyridine rings is 1. The third-order valence-corrected chi connectivity index (χ3v) is 2.18. The number of imidazole rings is 1. The summed E-state index contributed by atoms with van der Waals surface area (Å²) in [6.07, 6.45) is 3.26. The lowest BCUT2D eigenvalue weighted by atomic mass is 10.2. The van der Waals surface area contributed by atoms with Gasteiger partial charge in [0.15, 0.2) is 0 Å². The number of hydrogen-bond acceptors (Lipinski definition) is 4. The molecule has 2 aromatic rings. The summed E-state index contributed by atoms with van der Waals surface area (Å²) in [5.41, 5.74) is 6.29. The van der Waals surface area contributed by atoms with Gasteiger partial charge in [-0.1, -0.05) is 0 Å². The number of nitrogen functional groups attached to an aromatic ring is 1. The second-order valence-electron chi connectivity index (χ2n) is 4.83. The molecule has 0 aromatic carbocycles. The van der Waals surface area contributed by atoms with E-state index in [2.05, 4.69) is 4.98 Å². The highest BCUT2D eigenvalue weighted by atomic mass is 16.6. The van der Waals surface area contributed by atoms with Gasteiger partial charge in [0, 0.05) is 6.20 Å². The Morgan fingerprint density at radius 3 is 2.82 bits per heavy atom. The molecular formula is C12H15N3O2. The Bertz CT molecular complexity index is 567. The number of carbonyl (C=O) groups excluding carboxylic acids is 1. The summed E-state index contributed by atoms with van der Waals surface area (Å²) in [7, 11) is 0. The predicted octanol–water partition coefficient (Wildman–Crippen LogP) is 1.87. The third-order valence-electron chi connectivity index (χ3n) is 2.18. The van der Waals surface area contributed by atoms with E-state index in [0.29, 0.717) is 17.0 Å². The SMILES string of the molecule is CC(C)(C)OC(=O)c1ccn2c(N)cnc2c1. The van der Waals surface area contributed by atoms with Crippen molar-refractivity contribution in [2.75, 3.05) is 5.73 Å². The average molecular weight is 233 g/mol. The molecule has 0 unspecified atom stereocenters.